The second kappa shape index (κ2) is 10.4. The summed E-state index contributed by atoms with van der Waals surface area (Å²) in [5, 5.41) is 9.60. The van der Waals surface area contributed by atoms with Gasteiger partial charge in [0.2, 0.25) is 0 Å². The van der Waals surface area contributed by atoms with Crippen molar-refractivity contribution in [3.63, 3.8) is 0 Å². The number of hydrogen-bond donors (Lipinski definition) is 0. The van der Waals surface area contributed by atoms with E-state index in [1.807, 2.05) is 6.08 Å². The number of methoxy groups -OCH3 is 1. The van der Waals surface area contributed by atoms with E-state index in [0.717, 1.165) is 50.2 Å². The first-order valence-corrected chi connectivity index (χ1v) is 11.8. The number of thioether (sulfide) groups is 1. The molecule has 0 radical (unpaired) electrons. The molecule has 1 aromatic heterocycles. The molecule has 0 aromatic carbocycles. The molecule has 1 amide bonds. The second-order valence-electron chi connectivity index (χ2n) is 7.79. The predicted octanol–water partition coefficient (Wildman–Crippen LogP) is 3.18. The van der Waals surface area contributed by atoms with Gasteiger partial charge >= 0.3 is 0 Å². The molecule has 2 aliphatic heterocycles. The van der Waals surface area contributed by atoms with Crippen LogP contribution in [0.25, 0.3) is 6.08 Å². The zero-order chi connectivity index (χ0) is 22.5. The van der Waals surface area contributed by atoms with Crippen LogP contribution < -0.4 is 10.5 Å². The Bertz CT molecular complexity index is 1000. The number of thiocarbonyl (C=S) groups is 1. The van der Waals surface area contributed by atoms with Gasteiger partial charge in [-0.05, 0) is 37.8 Å². The molecule has 31 heavy (non-hydrogen) atoms. The average molecular weight is 461 g/mol. The zero-order valence-corrected chi connectivity index (χ0v) is 19.9. The van der Waals surface area contributed by atoms with Crippen LogP contribution in [0.3, 0.4) is 0 Å². The van der Waals surface area contributed by atoms with Crippen LogP contribution in [0.5, 0.6) is 0 Å². The van der Waals surface area contributed by atoms with Gasteiger partial charge in [-0.15, -0.1) is 0 Å². The molecule has 3 heterocycles. The van der Waals surface area contributed by atoms with E-state index in [2.05, 4.69) is 11.0 Å². The Labute approximate surface area is 192 Å². The van der Waals surface area contributed by atoms with Crippen LogP contribution in [0.2, 0.25) is 0 Å². The van der Waals surface area contributed by atoms with Gasteiger partial charge in [0.1, 0.15) is 21.8 Å². The number of nitrogens with zero attached hydrogens (tertiary/aromatic N) is 4. The van der Waals surface area contributed by atoms with E-state index >= 15 is 0 Å². The Morgan fingerprint density at radius 2 is 1.90 bits per heavy atom. The van der Waals surface area contributed by atoms with Gasteiger partial charge in [0, 0.05) is 46.0 Å². The lowest BCUT2D eigenvalue weighted by molar-refractivity contribution is -0.122. The number of aromatic nitrogens is 1. The summed E-state index contributed by atoms with van der Waals surface area (Å²) >= 11 is 6.70. The van der Waals surface area contributed by atoms with E-state index in [-0.39, 0.29) is 17.0 Å². The maximum Gasteiger partial charge on any atom is 0.270 e. The molecule has 2 saturated heterocycles. The van der Waals surface area contributed by atoms with Crippen LogP contribution in [0.4, 0.5) is 5.82 Å². The highest BCUT2D eigenvalue weighted by Gasteiger charge is 2.32. The summed E-state index contributed by atoms with van der Waals surface area (Å²) in [5.41, 5.74) is 1.17. The topological polar surface area (TPSA) is 78.6 Å². The van der Waals surface area contributed by atoms with Crippen molar-refractivity contribution in [1.29, 1.82) is 5.26 Å². The van der Waals surface area contributed by atoms with Gasteiger partial charge in [-0.2, -0.15) is 5.26 Å². The zero-order valence-electron chi connectivity index (χ0n) is 18.3. The van der Waals surface area contributed by atoms with Crippen molar-refractivity contribution in [3.05, 3.63) is 31.9 Å². The van der Waals surface area contributed by atoms with Crippen LogP contribution in [0.15, 0.2) is 9.70 Å². The maximum absolute atomic E-state index is 13.0. The van der Waals surface area contributed by atoms with Gasteiger partial charge in [-0.1, -0.05) is 36.8 Å². The molecule has 0 atom stereocenters. The average Bonchev–Trinajstić information content (AvgIpc) is 2.93. The van der Waals surface area contributed by atoms with E-state index in [4.69, 9.17) is 17.0 Å². The summed E-state index contributed by atoms with van der Waals surface area (Å²) < 4.78 is 7.16. The fraction of sp³-hybridized carbons (Fsp3) is 0.545. The number of anilines is 1. The molecule has 2 fully saturated rings. The van der Waals surface area contributed by atoms with E-state index in [1.165, 1.54) is 11.8 Å². The molecule has 0 N–H and O–H groups in total. The fourth-order valence-electron chi connectivity index (χ4n) is 4.07. The highest BCUT2D eigenvalue weighted by atomic mass is 32.2. The minimum atomic E-state index is -0.302. The van der Waals surface area contributed by atoms with Crippen LogP contribution >= 0.6 is 24.0 Å². The minimum Gasteiger partial charge on any atom is -0.385 e. The number of nitriles is 1. The molecule has 9 heteroatoms. The SMILES string of the molecule is COCCCN1C(=O)C(=Cc2c(C)c(C#N)c(=O)n(C)c2N2CCCCCC2)SC1=S. The molecule has 3 rings (SSSR count). The quantitative estimate of drug-likeness (QED) is 0.366. The first-order chi connectivity index (χ1) is 14.9. The summed E-state index contributed by atoms with van der Waals surface area (Å²) in [6, 6.07) is 2.05. The maximum atomic E-state index is 13.0. The van der Waals surface area contributed by atoms with E-state index < -0.39 is 0 Å². The summed E-state index contributed by atoms with van der Waals surface area (Å²) in [4.78, 5) is 30.2. The Morgan fingerprint density at radius 3 is 2.52 bits per heavy atom. The molecule has 0 aliphatic carbocycles. The summed E-state index contributed by atoms with van der Waals surface area (Å²) in [6.07, 6.45) is 6.94. The Hall–Kier alpha value is -2.15. The lowest BCUT2D eigenvalue weighted by atomic mass is 10.0. The van der Waals surface area contributed by atoms with E-state index in [9.17, 15) is 14.9 Å². The molecular weight excluding hydrogens is 432 g/mol. The molecule has 1 aromatic rings. The number of hydrogen-bond acceptors (Lipinski definition) is 7. The standard InChI is InChI=1S/C22H28N4O3S2/c1-15-16(13-18-21(28)26(22(30)31-18)11-8-12-29-3)19(24(2)20(27)17(15)14-23)25-9-6-4-5-7-10-25/h13H,4-12H2,1-3H3. The van der Waals surface area contributed by atoms with Crippen molar-refractivity contribution in [2.24, 2.45) is 7.05 Å². The van der Waals surface area contributed by atoms with Crippen molar-refractivity contribution in [2.75, 3.05) is 38.3 Å². The molecule has 0 bridgehead atoms. The third-order valence-electron chi connectivity index (χ3n) is 5.75. The smallest absolute Gasteiger partial charge is 0.270 e. The third-order valence-corrected chi connectivity index (χ3v) is 7.13. The summed E-state index contributed by atoms with van der Waals surface area (Å²) in [6.45, 7) is 4.53. The summed E-state index contributed by atoms with van der Waals surface area (Å²) in [7, 11) is 3.33. The molecule has 166 valence electrons. The van der Waals surface area contributed by atoms with Crippen molar-refractivity contribution in [3.8, 4) is 6.07 Å². The predicted molar refractivity (Wildman–Crippen MR) is 128 cm³/mol. The Morgan fingerprint density at radius 1 is 1.23 bits per heavy atom. The monoisotopic (exact) mass is 460 g/mol. The minimum absolute atomic E-state index is 0.114. The van der Waals surface area contributed by atoms with Gasteiger partial charge < -0.3 is 9.64 Å². The van der Waals surface area contributed by atoms with Gasteiger partial charge in [0.25, 0.3) is 11.5 Å². The lowest BCUT2D eigenvalue weighted by Crippen LogP contribution is -2.34. The van der Waals surface area contributed by atoms with Crippen LogP contribution in [-0.4, -0.2) is 53.0 Å². The number of amides is 1. The fourth-order valence-corrected chi connectivity index (χ4v) is 5.36. The van der Waals surface area contributed by atoms with Gasteiger partial charge in [0.05, 0.1) is 4.91 Å². The number of ether oxygens (including phenoxy) is 1. The van der Waals surface area contributed by atoms with Crippen LogP contribution in [0, 0.1) is 18.3 Å². The molecule has 7 nitrogen and oxygen atoms in total. The lowest BCUT2D eigenvalue weighted by Gasteiger charge is -2.28. The number of rotatable bonds is 6. The van der Waals surface area contributed by atoms with Gasteiger partial charge in [0.15, 0.2) is 0 Å². The van der Waals surface area contributed by atoms with Crippen LogP contribution in [-0.2, 0) is 16.6 Å². The van der Waals surface area contributed by atoms with E-state index in [1.54, 1.807) is 30.5 Å². The van der Waals surface area contributed by atoms with Crippen molar-refractivity contribution in [2.45, 2.75) is 39.0 Å². The Kier molecular flexibility index (Phi) is 7.92. The highest BCUT2D eigenvalue weighted by molar-refractivity contribution is 8.26. The van der Waals surface area contributed by atoms with Crippen molar-refractivity contribution >= 4 is 46.1 Å². The largest absolute Gasteiger partial charge is 0.385 e. The molecule has 2 aliphatic rings. The van der Waals surface area contributed by atoms with Crippen molar-refractivity contribution in [1.82, 2.24) is 9.47 Å². The van der Waals surface area contributed by atoms with E-state index in [0.29, 0.717) is 34.4 Å². The number of pyridine rings is 1. The normalized spacial score (nSPS) is 18.6. The number of carbonyl (C=O) groups excluding carboxylic acids is 1. The third kappa shape index (κ3) is 4.86. The van der Waals surface area contributed by atoms with Gasteiger partial charge in [-0.25, -0.2) is 0 Å². The van der Waals surface area contributed by atoms with Crippen LogP contribution in [0.1, 0.15) is 48.8 Å². The Balaban J connectivity index is 2.08. The summed E-state index contributed by atoms with van der Waals surface area (Å²) in [5.74, 6) is 0.632. The van der Waals surface area contributed by atoms with Crippen molar-refractivity contribution < 1.29 is 9.53 Å². The second-order valence-corrected chi connectivity index (χ2v) is 9.47. The first-order valence-electron chi connectivity index (χ1n) is 10.5. The molecule has 0 unspecified atom stereocenters. The highest BCUT2D eigenvalue weighted by Crippen LogP contribution is 2.36. The first kappa shape index (κ1) is 23.5. The molecular formula is C22H28N4O3S2. The molecule has 0 saturated carbocycles. The molecule has 0 spiro atoms. The van der Waals surface area contributed by atoms with Gasteiger partial charge in [-0.3, -0.25) is 19.1 Å². The number of carbonyl (C=O) groups is 1.